The number of aromatic nitrogens is 4. The van der Waals surface area contributed by atoms with Gasteiger partial charge in [-0.05, 0) is 81.5 Å². The van der Waals surface area contributed by atoms with Crippen molar-refractivity contribution >= 4 is 49.0 Å². The Bertz CT molecular complexity index is 1830. The lowest BCUT2D eigenvalue weighted by molar-refractivity contribution is 0.387. The Morgan fingerprint density at radius 3 is 2.58 bits per heavy atom. The van der Waals surface area contributed by atoms with E-state index < -0.39 is 15.3 Å². The lowest BCUT2D eigenvalue weighted by atomic mass is 10.0. The van der Waals surface area contributed by atoms with Gasteiger partial charge in [-0.2, -0.15) is 0 Å². The van der Waals surface area contributed by atoms with E-state index in [-0.39, 0.29) is 10.9 Å². The van der Waals surface area contributed by atoms with E-state index in [0.717, 1.165) is 48.9 Å². The van der Waals surface area contributed by atoms with Crippen LogP contribution in [0.4, 0.5) is 21.2 Å². The molecule has 1 saturated carbocycles. The van der Waals surface area contributed by atoms with Gasteiger partial charge >= 0.3 is 0 Å². The Labute approximate surface area is 254 Å². The minimum atomic E-state index is -3.60. The smallest absolute Gasteiger partial charge is 0.237 e. The molecule has 6 rings (SSSR count). The predicted molar refractivity (Wildman–Crippen MR) is 172 cm³/mol. The molecule has 224 valence electrons. The first kappa shape index (κ1) is 29.2. The van der Waals surface area contributed by atoms with Crippen LogP contribution in [0.3, 0.4) is 0 Å². The molecule has 0 radical (unpaired) electrons. The molecule has 2 aromatic carbocycles. The van der Waals surface area contributed by atoms with Gasteiger partial charge < -0.3 is 14.8 Å². The van der Waals surface area contributed by atoms with Crippen molar-refractivity contribution in [2.75, 3.05) is 30.7 Å². The highest BCUT2D eigenvalue weighted by atomic mass is 32.2. The van der Waals surface area contributed by atoms with Crippen molar-refractivity contribution in [2.24, 2.45) is 0 Å². The molecule has 3 aromatic heterocycles. The molecule has 1 aliphatic carbocycles. The normalized spacial score (nSPS) is 14.4. The first-order valence-corrected chi connectivity index (χ1v) is 16.7. The van der Waals surface area contributed by atoms with Crippen LogP contribution in [-0.2, 0) is 16.6 Å². The number of rotatable bonds is 10. The first-order chi connectivity index (χ1) is 20.7. The summed E-state index contributed by atoms with van der Waals surface area (Å²) >= 11 is 1.21. The van der Waals surface area contributed by atoms with Gasteiger partial charge in [0.15, 0.2) is 5.13 Å². The number of nitrogens with zero attached hydrogens (tertiary/aromatic N) is 5. The summed E-state index contributed by atoms with van der Waals surface area (Å²) < 4.78 is 45.1. The molecule has 0 spiro atoms. The van der Waals surface area contributed by atoms with E-state index >= 15 is 0 Å². The van der Waals surface area contributed by atoms with E-state index in [9.17, 15) is 12.8 Å². The third kappa shape index (κ3) is 6.71. The number of fused-ring (bicyclic) bond motifs is 1. The summed E-state index contributed by atoms with van der Waals surface area (Å²) in [5.74, 6) is 0.0315. The standard InChI is InChI=1S/C31H34FN7O2S2/c1-38(2)18-19-39-17-15-22-20-24(12-13-27(22)39)34-30-33-16-14-26(35-30)29-28(21-8-10-23(32)11-9-21)36-31(42-29)37-43(40,41)25-6-4-3-5-7-25/h8-17,20,25H,3-7,18-19H2,1-2H3,(H,36,37)(H,33,34,35). The van der Waals surface area contributed by atoms with Crippen LogP contribution in [-0.4, -0.2) is 58.7 Å². The van der Waals surface area contributed by atoms with Crippen LogP contribution in [0, 0.1) is 5.82 Å². The van der Waals surface area contributed by atoms with E-state index in [1.54, 1.807) is 24.4 Å². The van der Waals surface area contributed by atoms with Crippen molar-refractivity contribution in [3.05, 3.63) is 72.8 Å². The molecule has 43 heavy (non-hydrogen) atoms. The van der Waals surface area contributed by atoms with Gasteiger partial charge in [-0.15, -0.1) is 0 Å². The second-order valence-corrected chi connectivity index (χ2v) is 14.0. The molecule has 0 unspecified atom stereocenters. The maximum Gasteiger partial charge on any atom is 0.237 e. The molecule has 0 amide bonds. The molecule has 5 aromatic rings. The van der Waals surface area contributed by atoms with Crippen LogP contribution in [0.5, 0.6) is 0 Å². The van der Waals surface area contributed by atoms with Crippen molar-refractivity contribution < 1.29 is 12.8 Å². The topological polar surface area (TPSA) is 105 Å². The molecule has 0 aliphatic heterocycles. The van der Waals surface area contributed by atoms with E-state index in [2.05, 4.69) is 68.0 Å². The summed E-state index contributed by atoms with van der Waals surface area (Å²) in [6, 6.07) is 16.0. The number of likely N-dealkylation sites (N-methyl/N-ethyl adjacent to an activating group) is 1. The fourth-order valence-corrected chi connectivity index (χ4v) is 8.11. The maximum absolute atomic E-state index is 13.7. The van der Waals surface area contributed by atoms with Gasteiger partial charge in [-0.3, -0.25) is 4.72 Å². The van der Waals surface area contributed by atoms with Crippen LogP contribution in [0.25, 0.3) is 32.7 Å². The Morgan fingerprint density at radius 2 is 1.81 bits per heavy atom. The zero-order valence-electron chi connectivity index (χ0n) is 24.1. The number of benzene rings is 2. The second-order valence-electron chi connectivity index (χ2n) is 11.1. The van der Waals surface area contributed by atoms with Crippen molar-refractivity contribution in [1.82, 2.24) is 24.4 Å². The summed E-state index contributed by atoms with van der Waals surface area (Å²) in [5.41, 5.74) is 3.76. The van der Waals surface area contributed by atoms with Gasteiger partial charge in [0, 0.05) is 47.6 Å². The summed E-state index contributed by atoms with van der Waals surface area (Å²) in [6.45, 7) is 1.85. The van der Waals surface area contributed by atoms with E-state index in [4.69, 9.17) is 4.98 Å². The molecular weight excluding hydrogens is 586 g/mol. The lowest BCUT2D eigenvalue weighted by Gasteiger charge is -2.21. The van der Waals surface area contributed by atoms with Gasteiger partial charge in [0.05, 0.1) is 21.5 Å². The number of hydrogen-bond donors (Lipinski definition) is 2. The SMILES string of the molecule is CN(C)CCn1ccc2cc(Nc3nccc(-c4sc(NS(=O)(=O)C5CCCCC5)nc4-c4ccc(F)cc4)n3)ccc21. The maximum atomic E-state index is 13.7. The molecule has 1 aliphatic rings. The highest BCUT2D eigenvalue weighted by Crippen LogP contribution is 2.39. The van der Waals surface area contributed by atoms with Crippen LogP contribution < -0.4 is 10.0 Å². The number of nitrogens with one attached hydrogen (secondary N) is 2. The third-order valence-electron chi connectivity index (χ3n) is 7.67. The largest absolute Gasteiger partial charge is 0.346 e. The third-order valence-corrected chi connectivity index (χ3v) is 10.6. The number of anilines is 3. The Balaban J connectivity index is 1.29. The molecule has 2 N–H and O–H groups in total. The number of thiazole rings is 1. The van der Waals surface area contributed by atoms with Crippen LogP contribution in [0.2, 0.25) is 0 Å². The van der Waals surface area contributed by atoms with Crippen molar-refractivity contribution in [2.45, 2.75) is 43.9 Å². The van der Waals surface area contributed by atoms with E-state index in [1.165, 1.54) is 23.5 Å². The molecule has 0 saturated heterocycles. The fraction of sp³-hybridized carbons (Fsp3) is 0.323. The van der Waals surface area contributed by atoms with Crippen LogP contribution >= 0.6 is 11.3 Å². The van der Waals surface area contributed by atoms with Gasteiger partial charge in [0.2, 0.25) is 16.0 Å². The minimum Gasteiger partial charge on any atom is -0.346 e. The fourth-order valence-electron chi connectivity index (χ4n) is 5.38. The van der Waals surface area contributed by atoms with Gasteiger partial charge in [-0.25, -0.2) is 27.8 Å². The average molecular weight is 620 g/mol. The summed E-state index contributed by atoms with van der Waals surface area (Å²) in [4.78, 5) is 16.7. The Morgan fingerprint density at radius 1 is 1.02 bits per heavy atom. The zero-order valence-corrected chi connectivity index (χ0v) is 25.8. The summed E-state index contributed by atoms with van der Waals surface area (Å²) in [7, 11) is 0.530. The highest BCUT2D eigenvalue weighted by molar-refractivity contribution is 7.93. The zero-order chi connectivity index (χ0) is 30.0. The summed E-state index contributed by atoms with van der Waals surface area (Å²) in [5, 5.41) is 4.24. The first-order valence-electron chi connectivity index (χ1n) is 14.4. The Hall–Kier alpha value is -3.87. The Kier molecular flexibility index (Phi) is 8.42. The minimum absolute atomic E-state index is 0.261. The van der Waals surface area contributed by atoms with Crippen molar-refractivity contribution in [1.29, 1.82) is 0 Å². The number of sulfonamides is 1. The molecule has 1 fully saturated rings. The predicted octanol–water partition coefficient (Wildman–Crippen LogP) is 6.74. The van der Waals surface area contributed by atoms with E-state index in [1.807, 2.05) is 6.07 Å². The highest BCUT2D eigenvalue weighted by Gasteiger charge is 2.29. The molecule has 0 atom stereocenters. The van der Waals surface area contributed by atoms with Gasteiger partial charge in [0.1, 0.15) is 5.82 Å². The summed E-state index contributed by atoms with van der Waals surface area (Å²) in [6.07, 6.45) is 7.90. The molecule has 3 heterocycles. The molecule has 12 heteroatoms. The number of halogens is 1. The molecular formula is C31H34FN7O2S2. The lowest BCUT2D eigenvalue weighted by Crippen LogP contribution is -2.29. The second kappa shape index (κ2) is 12.4. The monoisotopic (exact) mass is 619 g/mol. The molecule has 0 bridgehead atoms. The van der Waals surface area contributed by atoms with Gasteiger partial charge in [0.25, 0.3) is 0 Å². The van der Waals surface area contributed by atoms with Gasteiger partial charge in [-0.1, -0.05) is 30.6 Å². The van der Waals surface area contributed by atoms with Crippen molar-refractivity contribution in [3.63, 3.8) is 0 Å². The van der Waals surface area contributed by atoms with Crippen LogP contribution in [0.15, 0.2) is 67.0 Å². The quantitative estimate of drug-likeness (QED) is 0.178. The number of hydrogen-bond acceptors (Lipinski definition) is 8. The van der Waals surface area contributed by atoms with Crippen molar-refractivity contribution in [3.8, 4) is 21.8 Å². The molecule has 9 nitrogen and oxygen atoms in total. The van der Waals surface area contributed by atoms with E-state index in [0.29, 0.717) is 40.6 Å². The van der Waals surface area contributed by atoms with Crippen LogP contribution in [0.1, 0.15) is 32.1 Å². The average Bonchev–Trinajstić information content (AvgIpc) is 3.60.